The van der Waals surface area contributed by atoms with Gasteiger partial charge in [0, 0.05) is 40.3 Å². The average Bonchev–Trinajstić information content (AvgIpc) is 2.80. The number of rotatable bonds is 7. The third kappa shape index (κ3) is 5.25. The SMILES string of the molecule is COCCCNC(=O)CN(C)C(=O)C1CNC(=O)C1. The van der Waals surface area contributed by atoms with Gasteiger partial charge >= 0.3 is 0 Å². The molecule has 0 bridgehead atoms. The molecule has 0 spiro atoms. The largest absolute Gasteiger partial charge is 0.385 e. The Labute approximate surface area is 112 Å². The smallest absolute Gasteiger partial charge is 0.239 e. The van der Waals surface area contributed by atoms with Gasteiger partial charge in [0.2, 0.25) is 17.7 Å². The monoisotopic (exact) mass is 271 g/mol. The van der Waals surface area contributed by atoms with Gasteiger partial charge in [-0.3, -0.25) is 14.4 Å². The van der Waals surface area contributed by atoms with Crippen LogP contribution in [0, 0.1) is 5.92 Å². The molecule has 1 atom stereocenters. The topological polar surface area (TPSA) is 87.7 Å². The number of nitrogens with one attached hydrogen (secondary N) is 2. The molecule has 1 saturated heterocycles. The van der Waals surface area contributed by atoms with Gasteiger partial charge in [0.25, 0.3) is 0 Å². The second kappa shape index (κ2) is 7.73. The molecular weight excluding hydrogens is 250 g/mol. The Kier molecular flexibility index (Phi) is 6.27. The van der Waals surface area contributed by atoms with Crippen LogP contribution in [0.5, 0.6) is 0 Å². The molecule has 2 N–H and O–H groups in total. The summed E-state index contributed by atoms with van der Waals surface area (Å²) in [6, 6.07) is 0. The second-order valence-corrected chi connectivity index (χ2v) is 4.60. The Morgan fingerprint density at radius 3 is 2.84 bits per heavy atom. The summed E-state index contributed by atoms with van der Waals surface area (Å²) in [6.07, 6.45) is 0.944. The van der Waals surface area contributed by atoms with E-state index in [2.05, 4.69) is 10.6 Å². The summed E-state index contributed by atoms with van der Waals surface area (Å²) < 4.78 is 4.87. The first-order chi connectivity index (χ1) is 9.04. The Bertz CT molecular complexity index is 346. The van der Waals surface area contributed by atoms with Gasteiger partial charge in [0.1, 0.15) is 0 Å². The lowest BCUT2D eigenvalue weighted by Crippen LogP contribution is -2.41. The minimum Gasteiger partial charge on any atom is -0.385 e. The van der Waals surface area contributed by atoms with E-state index in [9.17, 15) is 14.4 Å². The maximum atomic E-state index is 11.9. The second-order valence-electron chi connectivity index (χ2n) is 4.60. The highest BCUT2D eigenvalue weighted by Crippen LogP contribution is 2.11. The highest BCUT2D eigenvalue weighted by atomic mass is 16.5. The van der Waals surface area contributed by atoms with Crippen molar-refractivity contribution in [2.24, 2.45) is 5.92 Å². The molecule has 1 aliphatic heterocycles. The molecule has 108 valence electrons. The Hall–Kier alpha value is -1.63. The third-order valence-electron chi connectivity index (χ3n) is 2.93. The maximum absolute atomic E-state index is 11.9. The van der Waals surface area contributed by atoms with E-state index in [1.807, 2.05) is 0 Å². The van der Waals surface area contributed by atoms with Crippen LogP contribution in [0.25, 0.3) is 0 Å². The summed E-state index contributed by atoms with van der Waals surface area (Å²) in [5, 5.41) is 5.31. The van der Waals surface area contributed by atoms with Crippen LogP contribution in [0.1, 0.15) is 12.8 Å². The van der Waals surface area contributed by atoms with Crippen LogP contribution in [-0.4, -0.2) is 63.0 Å². The van der Waals surface area contributed by atoms with E-state index < -0.39 is 0 Å². The molecule has 19 heavy (non-hydrogen) atoms. The van der Waals surface area contributed by atoms with Crippen molar-refractivity contribution in [1.29, 1.82) is 0 Å². The van der Waals surface area contributed by atoms with E-state index >= 15 is 0 Å². The summed E-state index contributed by atoms with van der Waals surface area (Å²) in [5.41, 5.74) is 0. The molecule has 0 saturated carbocycles. The van der Waals surface area contributed by atoms with Gasteiger partial charge in [-0.15, -0.1) is 0 Å². The normalized spacial score (nSPS) is 18.0. The molecule has 7 nitrogen and oxygen atoms in total. The Balaban J connectivity index is 2.25. The number of carbonyl (C=O) groups excluding carboxylic acids is 3. The number of nitrogens with zero attached hydrogens (tertiary/aromatic N) is 1. The summed E-state index contributed by atoms with van der Waals surface area (Å²) in [7, 11) is 3.17. The van der Waals surface area contributed by atoms with E-state index in [0.717, 1.165) is 6.42 Å². The highest BCUT2D eigenvalue weighted by Gasteiger charge is 2.30. The fourth-order valence-corrected chi connectivity index (χ4v) is 1.89. The van der Waals surface area contributed by atoms with E-state index in [4.69, 9.17) is 4.74 Å². The Morgan fingerprint density at radius 2 is 2.26 bits per heavy atom. The van der Waals surface area contributed by atoms with Crippen LogP contribution in [-0.2, 0) is 19.1 Å². The van der Waals surface area contributed by atoms with Crippen LogP contribution < -0.4 is 10.6 Å². The number of ether oxygens (including phenoxy) is 1. The molecule has 7 heteroatoms. The Morgan fingerprint density at radius 1 is 1.53 bits per heavy atom. The quantitative estimate of drug-likeness (QED) is 0.565. The highest BCUT2D eigenvalue weighted by molar-refractivity contribution is 5.91. The first-order valence-electron chi connectivity index (χ1n) is 6.32. The number of hydrogen-bond acceptors (Lipinski definition) is 4. The van der Waals surface area contributed by atoms with Gasteiger partial charge in [-0.25, -0.2) is 0 Å². The number of amides is 3. The summed E-state index contributed by atoms with van der Waals surface area (Å²) >= 11 is 0. The lowest BCUT2D eigenvalue weighted by atomic mass is 10.1. The zero-order chi connectivity index (χ0) is 14.3. The van der Waals surface area contributed by atoms with Crippen molar-refractivity contribution in [2.75, 3.05) is 40.4 Å². The molecule has 1 heterocycles. The van der Waals surface area contributed by atoms with Crippen molar-refractivity contribution in [3.05, 3.63) is 0 Å². The van der Waals surface area contributed by atoms with E-state index in [-0.39, 0.29) is 36.6 Å². The molecule has 1 unspecified atom stereocenters. The number of hydrogen-bond donors (Lipinski definition) is 2. The zero-order valence-electron chi connectivity index (χ0n) is 11.4. The average molecular weight is 271 g/mol. The molecule has 1 rings (SSSR count). The minimum atomic E-state index is -0.348. The van der Waals surface area contributed by atoms with E-state index in [0.29, 0.717) is 19.7 Å². The first-order valence-corrected chi connectivity index (χ1v) is 6.32. The summed E-state index contributed by atoms with van der Waals surface area (Å²) in [5.74, 6) is -0.843. The van der Waals surface area contributed by atoms with Gasteiger partial charge in [0.15, 0.2) is 0 Å². The first kappa shape index (κ1) is 15.4. The van der Waals surface area contributed by atoms with Crippen LogP contribution >= 0.6 is 0 Å². The maximum Gasteiger partial charge on any atom is 0.239 e. The molecule has 1 aliphatic rings. The van der Waals surface area contributed by atoms with Crippen LogP contribution in [0.2, 0.25) is 0 Å². The fraction of sp³-hybridized carbons (Fsp3) is 0.750. The van der Waals surface area contributed by atoms with Crippen molar-refractivity contribution >= 4 is 17.7 Å². The van der Waals surface area contributed by atoms with Crippen molar-refractivity contribution in [3.8, 4) is 0 Å². The van der Waals surface area contributed by atoms with Crippen molar-refractivity contribution < 1.29 is 19.1 Å². The van der Waals surface area contributed by atoms with Crippen LogP contribution in [0.3, 0.4) is 0 Å². The van der Waals surface area contributed by atoms with Gasteiger partial charge < -0.3 is 20.3 Å². The summed E-state index contributed by atoms with van der Waals surface area (Å²) in [6.45, 7) is 1.48. The van der Waals surface area contributed by atoms with Crippen molar-refractivity contribution in [1.82, 2.24) is 15.5 Å². The van der Waals surface area contributed by atoms with Crippen molar-refractivity contribution in [3.63, 3.8) is 0 Å². The van der Waals surface area contributed by atoms with Crippen molar-refractivity contribution in [2.45, 2.75) is 12.8 Å². The molecular formula is C12H21N3O4. The lowest BCUT2D eigenvalue weighted by molar-refractivity contribution is -0.138. The van der Waals surface area contributed by atoms with Gasteiger partial charge in [-0.05, 0) is 6.42 Å². The van der Waals surface area contributed by atoms with Crippen LogP contribution in [0.4, 0.5) is 0 Å². The predicted molar refractivity (Wildman–Crippen MR) is 68.3 cm³/mol. The fourth-order valence-electron chi connectivity index (χ4n) is 1.89. The molecule has 0 aromatic heterocycles. The standard InChI is InChI=1S/C12H21N3O4/c1-15(8-11(17)13-4-3-5-19-2)12(18)9-6-10(16)14-7-9/h9H,3-8H2,1-2H3,(H,13,17)(H,14,16). The van der Waals surface area contributed by atoms with E-state index in [1.54, 1.807) is 14.2 Å². The number of carbonyl (C=O) groups is 3. The number of methoxy groups -OCH3 is 1. The predicted octanol–water partition coefficient (Wildman–Crippen LogP) is -1.27. The van der Waals surface area contributed by atoms with Gasteiger partial charge in [-0.1, -0.05) is 0 Å². The van der Waals surface area contributed by atoms with Gasteiger partial charge in [0.05, 0.1) is 12.5 Å². The lowest BCUT2D eigenvalue weighted by Gasteiger charge is -2.19. The molecule has 1 fully saturated rings. The van der Waals surface area contributed by atoms with Crippen LogP contribution in [0.15, 0.2) is 0 Å². The van der Waals surface area contributed by atoms with Gasteiger partial charge in [-0.2, -0.15) is 0 Å². The molecule has 3 amide bonds. The molecule has 0 aliphatic carbocycles. The van der Waals surface area contributed by atoms with E-state index in [1.165, 1.54) is 4.90 Å². The molecule has 0 aromatic carbocycles. The zero-order valence-corrected chi connectivity index (χ0v) is 11.4. The third-order valence-corrected chi connectivity index (χ3v) is 2.93. The molecule has 0 aromatic rings. The minimum absolute atomic E-state index is 0.0104. The molecule has 0 radical (unpaired) electrons. The summed E-state index contributed by atoms with van der Waals surface area (Å²) in [4.78, 5) is 35.9. The number of likely N-dealkylation sites (N-methyl/N-ethyl adjacent to an activating group) is 1.